The quantitative estimate of drug-likeness (QED) is 0.536. The molecular formula is C25H30O7. The van der Waals surface area contributed by atoms with Gasteiger partial charge in [0.05, 0.1) is 12.5 Å². The summed E-state index contributed by atoms with van der Waals surface area (Å²) >= 11 is 0. The Morgan fingerprint density at radius 3 is 2.59 bits per heavy atom. The highest BCUT2D eigenvalue weighted by Gasteiger charge is 2.44. The van der Waals surface area contributed by atoms with Crippen molar-refractivity contribution in [1.29, 1.82) is 0 Å². The molecule has 1 aromatic carbocycles. The van der Waals surface area contributed by atoms with Gasteiger partial charge in [0.1, 0.15) is 55.1 Å². The van der Waals surface area contributed by atoms with E-state index in [1.807, 2.05) is 24.3 Å². The van der Waals surface area contributed by atoms with Gasteiger partial charge in [0.25, 0.3) is 0 Å². The first-order valence-electron chi connectivity index (χ1n) is 11.0. The Kier molecular flexibility index (Phi) is 7.13. The molecule has 1 aromatic rings. The SMILES string of the molecule is CCc1ccc([C@@H]2O[C@H](CO)[C@@H](O)[C@H](O)[C@H]2O)cc1C(C1=CC=CCC1)C1=COC=CO1. The van der Waals surface area contributed by atoms with E-state index in [2.05, 4.69) is 19.1 Å². The van der Waals surface area contributed by atoms with Crippen LogP contribution in [0, 0.1) is 0 Å². The highest BCUT2D eigenvalue weighted by atomic mass is 16.5. The van der Waals surface area contributed by atoms with Gasteiger partial charge in [-0.25, -0.2) is 0 Å². The minimum Gasteiger partial charge on any atom is -0.466 e. The van der Waals surface area contributed by atoms with E-state index in [0.29, 0.717) is 11.3 Å². The highest BCUT2D eigenvalue weighted by Crippen LogP contribution is 2.41. The second-order valence-corrected chi connectivity index (χ2v) is 8.25. The van der Waals surface area contributed by atoms with Gasteiger partial charge in [-0.2, -0.15) is 0 Å². The number of aliphatic hydroxyl groups is 4. The maximum Gasteiger partial charge on any atom is 0.150 e. The molecule has 1 fully saturated rings. The second kappa shape index (κ2) is 10.0. The summed E-state index contributed by atoms with van der Waals surface area (Å²) in [4.78, 5) is 0. The molecule has 4 N–H and O–H groups in total. The van der Waals surface area contributed by atoms with Crippen molar-refractivity contribution in [2.45, 2.75) is 62.6 Å². The number of aliphatic hydroxyl groups excluding tert-OH is 4. The van der Waals surface area contributed by atoms with Crippen molar-refractivity contribution in [2.75, 3.05) is 6.61 Å². The Balaban J connectivity index is 1.77. The van der Waals surface area contributed by atoms with Crippen molar-refractivity contribution in [3.8, 4) is 0 Å². The number of hydrogen-bond donors (Lipinski definition) is 4. The van der Waals surface area contributed by atoms with E-state index in [0.717, 1.165) is 30.4 Å². The van der Waals surface area contributed by atoms with Crippen LogP contribution in [0.2, 0.25) is 0 Å². The van der Waals surface area contributed by atoms with Crippen LogP contribution < -0.4 is 0 Å². The fourth-order valence-corrected chi connectivity index (χ4v) is 4.56. The number of hydrogen-bond acceptors (Lipinski definition) is 7. The molecule has 172 valence electrons. The van der Waals surface area contributed by atoms with Gasteiger partial charge in [0, 0.05) is 0 Å². The summed E-state index contributed by atoms with van der Waals surface area (Å²) in [6.07, 6.45) is 7.42. The summed E-state index contributed by atoms with van der Waals surface area (Å²) in [6, 6.07) is 5.80. The fraction of sp³-hybridized carbons (Fsp3) is 0.440. The third kappa shape index (κ3) is 4.40. The maximum absolute atomic E-state index is 10.6. The first-order valence-corrected chi connectivity index (χ1v) is 11.0. The van der Waals surface area contributed by atoms with E-state index in [1.54, 1.807) is 6.26 Å². The lowest BCUT2D eigenvalue weighted by molar-refractivity contribution is -0.231. The second-order valence-electron chi connectivity index (χ2n) is 8.25. The van der Waals surface area contributed by atoms with Crippen LogP contribution in [0.3, 0.4) is 0 Å². The molecule has 6 atom stereocenters. The molecule has 1 unspecified atom stereocenters. The highest BCUT2D eigenvalue weighted by molar-refractivity contribution is 5.46. The molecule has 1 saturated heterocycles. The summed E-state index contributed by atoms with van der Waals surface area (Å²) in [7, 11) is 0. The zero-order chi connectivity index (χ0) is 22.7. The monoisotopic (exact) mass is 442 g/mol. The predicted molar refractivity (Wildman–Crippen MR) is 117 cm³/mol. The Morgan fingerprint density at radius 2 is 1.94 bits per heavy atom. The molecule has 1 aliphatic carbocycles. The molecule has 32 heavy (non-hydrogen) atoms. The molecule has 0 radical (unpaired) electrons. The molecule has 4 rings (SSSR count). The van der Waals surface area contributed by atoms with Gasteiger partial charge in [-0.3, -0.25) is 0 Å². The Hall–Kier alpha value is -2.42. The Morgan fingerprint density at radius 1 is 1.09 bits per heavy atom. The van der Waals surface area contributed by atoms with Crippen LogP contribution in [0.15, 0.2) is 66.5 Å². The van der Waals surface area contributed by atoms with Gasteiger partial charge in [-0.05, 0) is 36.0 Å². The molecular weight excluding hydrogens is 412 g/mol. The van der Waals surface area contributed by atoms with Crippen LogP contribution in [-0.4, -0.2) is 51.4 Å². The number of allylic oxidation sites excluding steroid dienone is 4. The van der Waals surface area contributed by atoms with Crippen LogP contribution in [0.4, 0.5) is 0 Å². The van der Waals surface area contributed by atoms with Crippen LogP contribution in [-0.2, 0) is 20.6 Å². The summed E-state index contributed by atoms with van der Waals surface area (Å²) in [5, 5.41) is 40.6. The van der Waals surface area contributed by atoms with E-state index in [-0.39, 0.29) is 5.92 Å². The zero-order valence-electron chi connectivity index (χ0n) is 18.0. The Bertz CT molecular complexity index is 930. The van der Waals surface area contributed by atoms with E-state index >= 15 is 0 Å². The van der Waals surface area contributed by atoms with Crippen molar-refractivity contribution in [3.05, 3.63) is 83.2 Å². The van der Waals surface area contributed by atoms with Gasteiger partial charge in [-0.1, -0.05) is 48.9 Å². The topological polar surface area (TPSA) is 109 Å². The minimum absolute atomic E-state index is 0.190. The van der Waals surface area contributed by atoms with Crippen LogP contribution in [0.1, 0.15) is 48.5 Å². The average Bonchev–Trinajstić information content (AvgIpc) is 2.84. The largest absolute Gasteiger partial charge is 0.466 e. The van der Waals surface area contributed by atoms with Gasteiger partial charge in [0.2, 0.25) is 0 Å². The van der Waals surface area contributed by atoms with E-state index in [4.69, 9.17) is 14.2 Å². The smallest absolute Gasteiger partial charge is 0.150 e. The number of aryl methyl sites for hydroxylation is 1. The minimum atomic E-state index is -1.43. The van der Waals surface area contributed by atoms with Crippen LogP contribution >= 0.6 is 0 Å². The van der Waals surface area contributed by atoms with Gasteiger partial charge in [0.15, 0.2) is 0 Å². The van der Waals surface area contributed by atoms with Crippen molar-refractivity contribution in [2.24, 2.45) is 0 Å². The molecule has 2 aliphatic heterocycles. The lowest BCUT2D eigenvalue weighted by atomic mass is 9.80. The van der Waals surface area contributed by atoms with Crippen LogP contribution in [0.5, 0.6) is 0 Å². The van der Waals surface area contributed by atoms with Gasteiger partial charge < -0.3 is 34.6 Å². The number of benzene rings is 1. The number of ether oxygens (including phenoxy) is 3. The van der Waals surface area contributed by atoms with Crippen molar-refractivity contribution < 1.29 is 34.6 Å². The summed E-state index contributed by atoms with van der Waals surface area (Å²) in [6.45, 7) is 1.61. The van der Waals surface area contributed by atoms with Crippen molar-refractivity contribution >= 4 is 0 Å². The first-order chi connectivity index (χ1) is 15.5. The molecule has 0 bridgehead atoms. The van der Waals surface area contributed by atoms with E-state index in [9.17, 15) is 20.4 Å². The third-order valence-electron chi connectivity index (χ3n) is 6.31. The molecule has 0 saturated carbocycles. The summed E-state index contributed by atoms with van der Waals surface area (Å²) < 4.78 is 17.0. The molecule has 3 aliphatic rings. The zero-order valence-corrected chi connectivity index (χ0v) is 18.0. The summed E-state index contributed by atoms with van der Waals surface area (Å²) in [5.41, 5.74) is 3.93. The first kappa shape index (κ1) is 22.8. The van der Waals surface area contributed by atoms with Gasteiger partial charge >= 0.3 is 0 Å². The van der Waals surface area contributed by atoms with Crippen LogP contribution in [0.25, 0.3) is 0 Å². The molecule has 0 amide bonds. The van der Waals surface area contributed by atoms with E-state index in [1.165, 1.54) is 18.1 Å². The predicted octanol–water partition coefficient (Wildman–Crippen LogP) is 2.48. The molecule has 7 heteroatoms. The fourth-order valence-electron chi connectivity index (χ4n) is 4.56. The van der Waals surface area contributed by atoms with E-state index < -0.39 is 37.1 Å². The molecule has 0 aromatic heterocycles. The molecule has 2 heterocycles. The van der Waals surface area contributed by atoms with Crippen molar-refractivity contribution in [3.63, 3.8) is 0 Å². The average molecular weight is 443 g/mol. The normalized spacial score (nSPS) is 30.7. The Labute approximate surface area is 187 Å². The third-order valence-corrected chi connectivity index (χ3v) is 6.31. The number of rotatable bonds is 6. The van der Waals surface area contributed by atoms with Gasteiger partial charge in [-0.15, -0.1) is 0 Å². The lowest BCUT2D eigenvalue weighted by Gasteiger charge is -2.40. The van der Waals surface area contributed by atoms with Crippen molar-refractivity contribution in [1.82, 2.24) is 0 Å². The summed E-state index contributed by atoms with van der Waals surface area (Å²) in [5.74, 6) is 0.472. The standard InChI is InChI=1S/C25H30O7/c1-2-15-8-9-17(25-24(29)23(28)22(27)19(13-26)32-25)12-18(15)21(16-6-4-3-5-7-16)20-14-30-10-11-31-20/h3-4,6,8-12,14,19,21-29H,2,5,7,13H2,1H3/t19-,21?,22-,23+,24-,25+/m1/s1. The molecule has 0 spiro atoms. The maximum atomic E-state index is 10.6. The lowest BCUT2D eigenvalue weighted by Crippen LogP contribution is -2.55. The molecule has 7 nitrogen and oxygen atoms in total.